The third-order valence-corrected chi connectivity index (χ3v) is 3.28. The fourth-order valence-corrected chi connectivity index (χ4v) is 2.30. The fraction of sp³-hybridized carbons (Fsp3) is 0.125. The van der Waals surface area contributed by atoms with E-state index < -0.39 is 0 Å². The summed E-state index contributed by atoms with van der Waals surface area (Å²) >= 11 is 0. The van der Waals surface area contributed by atoms with Crippen molar-refractivity contribution < 1.29 is 9.90 Å². The van der Waals surface area contributed by atoms with Gasteiger partial charge in [0.25, 0.3) is 5.91 Å². The molecule has 1 aromatic heterocycles. The van der Waals surface area contributed by atoms with E-state index in [9.17, 15) is 9.90 Å². The van der Waals surface area contributed by atoms with Crippen molar-refractivity contribution in [3.63, 3.8) is 0 Å². The van der Waals surface area contributed by atoms with Crippen molar-refractivity contribution in [2.75, 3.05) is 6.54 Å². The molecule has 0 atom stereocenters. The van der Waals surface area contributed by atoms with Crippen LogP contribution < -0.4 is 5.32 Å². The molecule has 2 aromatic carbocycles. The largest absolute Gasteiger partial charge is 0.508 e. The van der Waals surface area contributed by atoms with Crippen molar-refractivity contribution in [2.45, 2.75) is 6.92 Å². The lowest BCUT2D eigenvalue weighted by Gasteiger charge is -2.02. The van der Waals surface area contributed by atoms with Gasteiger partial charge < -0.3 is 10.4 Å². The van der Waals surface area contributed by atoms with Crippen molar-refractivity contribution in [2.24, 2.45) is 0 Å². The zero-order valence-corrected chi connectivity index (χ0v) is 11.6. The summed E-state index contributed by atoms with van der Waals surface area (Å²) in [7, 11) is 0. The first-order valence-corrected chi connectivity index (χ1v) is 6.75. The summed E-state index contributed by atoms with van der Waals surface area (Å²) in [5.74, 6) is 0.0931. The first kappa shape index (κ1) is 13.2. The summed E-state index contributed by atoms with van der Waals surface area (Å²) in [6, 6.07) is 12.3. The summed E-state index contributed by atoms with van der Waals surface area (Å²) in [5, 5.41) is 20.5. The third-order valence-electron chi connectivity index (χ3n) is 3.28. The molecule has 0 spiro atoms. The zero-order valence-electron chi connectivity index (χ0n) is 11.6. The summed E-state index contributed by atoms with van der Waals surface area (Å²) in [4.78, 5) is 11.8. The fourth-order valence-electron chi connectivity index (χ4n) is 2.30. The van der Waals surface area contributed by atoms with E-state index >= 15 is 0 Å². The van der Waals surface area contributed by atoms with Crippen LogP contribution in [0.25, 0.3) is 22.2 Å². The highest BCUT2D eigenvalue weighted by Gasteiger charge is 2.11. The van der Waals surface area contributed by atoms with Gasteiger partial charge in [0, 0.05) is 23.1 Å². The van der Waals surface area contributed by atoms with Gasteiger partial charge in [-0.2, -0.15) is 5.10 Å². The van der Waals surface area contributed by atoms with Crippen LogP contribution in [-0.4, -0.2) is 27.8 Å². The maximum Gasteiger partial charge on any atom is 0.251 e. The molecule has 5 nitrogen and oxygen atoms in total. The van der Waals surface area contributed by atoms with Crippen LogP contribution in [-0.2, 0) is 0 Å². The molecule has 21 heavy (non-hydrogen) atoms. The first-order chi connectivity index (χ1) is 10.2. The number of aromatic amines is 1. The number of nitrogens with one attached hydrogen (secondary N) is 2. The van der Waals surface area contributed by atoms with Gasteiger partial charge in [0.1, 0.15) is 11.4 Å². The van der Waals surface area contributed by atoms with E-state index in [-0.39, 0.29) is 11.7 Å². The van der Waals surface area contributed by atoms with Gasteiger partial charge in [-0.05, 0) is 37.3 Å². The van der Waals surface area contributed by atoms with E-state index in [0.717, 1.165) is 22.2 Å². The van der Waals surface area contributed by atoms with Gasteiger partial charge in [-0.25, -0.2) is 0 Å². The first-order valence-electron chi connectivity index (χ1n) is 6.75. The molecule has 0 aliphatic rings. The van der Waals surface area contributed by atoms with Crippen LogP contribution in [0.1, 0.15) is 17.3 Å². The topological polar surface area (TPSA) is 78.0 Å². The Kier molecular flexibility index (Phi) is 3.31. The Morgan fingerprint density at radius 1 is 1.29 bits per heavy atom. The molecule has 3 N–H and O–H groups in total. The van der Waals surface area contributed by atoms with Crippen LogP contribution in [0.4, 0.5) is 0 Å². The molecule has 5 heteroatoms. The molecule has 106 valence electrons. The number of aromatic nitrogens is 2. The molecular weight excluding hydrogens is 266 g/mol. The van der Waals surface area contributed by atoms with Gasteiger partial charge in [0.2, 0.25) is 0 Å². The minimum absolute atomic E-state index is 0.104. The van der Waals surface area contributed by atoms with Gasteiger partial charge in [-0.3, -0.25) is 9.89 Å². The van der Waals surface area contributed by atoms with Crippen LogP contribution in [0.5, 0.6) is 5.75 Å². The molecule has 0 unspecified atom stereocenters. The zero-order chi connectivity index (χ0) is 14.8. The Morgan fingerprint density at radius 3 is 2.90 bits per heavy atom. The molecule has 0 aliphatic carbocycles. The predicted octanol–water partition coefficient (Wildman–Crippen LogP) is 2.69. The molecule has 0 bridgehead atoms. The van der Waals surface area contributed by atoms with Crippen molar-refractivity contribution >= 4 is 16.8 Å². The molecule has 0 saturated heterocycles. The Bertz CT molecular complexity index is 808. The smallest absolute Gasteiger partial charge is 0.251 e. The monoisotopic (exact) mass is 281 g/mol. The van der Waals surface area contributed by atoms with Gasteiger partial charge in [0.05, 0.1) is 5.52 Å². The molecule has 0 fully saturated rings. The predicted molar refractivity (Wildman–Crippen MR) is 81.2 cm³/mol. The quantitative estimate of drug-likeness (QED) is 0.690. The second-order valence-electron chi connectivity index (χ2n) is 4.74. The number of phenols is 1. The van der Waals surface area contributed by atoms with Crippen LogP contribution in [0.2, 0.25) is 0 Å². The second-order valence-corrected chi connectivity index (χ2v) is 4.74. The number of rotatable bonds is 3. The summed E-state index contributed by atoms with van der Waals surface area (Å²) in [6.07, 6.45) is 0. The van der Waals surface area contributed by atoms with Crippen LogP contribution in [0.15, 0.2) is 42.5 Å². The molecular formula is C16H15N3O2. The van der Waals surface area contributed by atoms with E-state index in [1.165, 1.54) is 0 Å². The van der Waals surface area contributed by atoms with Crippen molar-refractivity contribution in [1.29, 1.82) is 0 Å². The highest BCUT2D eigenvalue weighted by Crippen LogP contribution is 2.28. The lowest BCUT2D eigenvalue weighted by atomic mass is 10.1. The number of nitrogens with zero attached hydrogens (tertiary/aromatic N) is 1. The number of H-pyrrole nitrogens is 1. The molecule has 0 saturated carbocycles. The van der Waals surface area contributed by atoms with Crippen LogP contribution >= 0.6 is 0 Å². The average Bonchev–Trinajstić information content (AvgIpc) is 2.90. The molecule has 0 aliphatic heterocycles. The minimum atomic E-state index is -0.104. The molecule has 1 amide bonds. The van der Waals surface area contributed by atoms with Gasteiger partial charge in [-0.15, -0.1) is 0 Å². The number of amides is 1. The number of phenolic OH excluding ortho intramolecular Hbond substituents is 1. The summed E-state index contributed by atoms with van der Waals surface area (Å²) < 4.78 is 0. The maximum atomic E-state index is 11.8. The standard InChI is InChI=1S/C16H15N3O2/c1-2-17-16(21)11-6-7-13-14(9-11)18-19-15(13)10-4-3-5-12(20)8-10/h3-9,20H,2H2,1H3,(H,17,21)(H,18,19). The minimum Gasteiger partial charge on any atom is -0.508 e. The Labute approximate surface area is 121 Å². The highest BCUT2D eigenvalue weighted by atomic mass is 16.3. The number of benzene rings is 2. The molecule has 3 aromatic rings. The maximum absolute atomic E-state index is 11.8. The number of aromatic hydroxyl groups is 1. The van der Waals surface area contributed by atoms with E-state index in [1.54, 1.807) is 30.3 Å². The highest BCUT2D eigenvalue weighted by molar-refractivity contribution is 6.00. The van der Waals surface area contributed by atoms with Crippen LogP contribution in [0, 0.1) is 0 Å². The normalized spacial score (nSPS) is 10.7. The molecule has 1 heterocycles. The molecule has 3 rings (SSSR count). The Balaban J connectivity index is 2.06. The van der Waals surface area contributed by atoms with Crippen molar-refractivity contribution in [3.05, 3.63) is 48.0 Å². The second kappa shape index (κ2) is 5.28. The van der Waals surface area contributed by atoms with E-state index in [4.69, 9.17) is 0 Å². The number of carbonyl (C=O) groups excluding carboxylic acids is 1. The van der Waals surface area contributed by atoms with E-state index in [2.05, 4.69) is 15.5 Å². The average molecular weight is 281 g/mol. The van der Waals surface area contributed by atoms with E-state index in [0.29, 0.717) is 12.1 Å². The lowest BCUT2D eigenvalue weighted by molar-refractivity contribution is 0.0956. The summed E-state index contributed by atoms with van der Waals surface area (Å²) in [6.45, 7) is 2.47. The molecule has 0 radical (unpaired) electrons. The third kappa shape index (κ3) is 2.45. The Hall–Kier alpha value is -2.82. The van der Waals surface area contributed by atoms with Crippen LogP contribution in [0.3, 0.4) is 0 Å². The van der Waals surface area contributed by atoms with Gasteiger partial charge in [0.15, 0.2) is 0 Å². The van der Waals surface area contributed by atoms with Gasteiger partial charge in [-0.1, -0.05) is 12.1 Å². The number of hydrogen-bond acceptors (Lipinski definition) is 3. The summed E-state index contributed by atoms with van der Waals surface area (Å²) in [5.41, 5.74) is 2.96. The number of fused-ring (bicyclic) bond motifs is 1. The van der Waals surface area contributed by atoms with Gasteiger partial charge >= 0.3 is 0 Å². The van der Waals surface area contributed by atoms with Crippen molar-refractivity contribution in [1.82, 2.24) is 15.5 Å². The van der Waals surface area contributed by atoms with E-state index in [1.807, 2.05) is 19.1 Å². The SMILES string of the molecule is CCNC(=O)c1ccc2c(-c3cccc(O)c3)n[nH]c2c1. The Morgan fingerprint density at radius 2 is 2.14 bits per heavy atom. The number of carbonyl (C=O) groups is 1. The number of hydrogen-bond donors (Lipinski definition) is 3. The van der Waals surface area contributed by atoms with Crippen molar-refractivity contribution in [3.8, 4) is 17.0 Å². The lowest BCUT2D eigenvalue weighted by Crippen LogP contribution is -2.22.